The Morgan fingerprint density at radius 3 is 2.53 bits per heavy atom. The van der Waals surface area contributed by atoms with Crippen LogP contribution in [0.2, 0.25) is 0 Å². The minimum Gasteiger partial charge on any atom is -0.253 e. The van der Waals surface area contributed by atoms with Gasteiger partial charge in [-0.25, -0.2) is 8.96 Å². The van der Waals surface area contributed by atoms with E-state index >= 15 is 0 Å². The van der Waals surface area contributed by atoms with E-state index in [1.807, 2.05) is 0 Å². The summed E-state index contributed by atoms with van der Waals surface area (Å²) in [5.41, 5.74) is 0. The van der Waals surface area contributed by atoms with Gasteiger partial charge in [-0.3, -0.25) is 4.18 Å². The maximum atomic E-state index is 11.5. The largest absolute Gasteiger partial charge is 0.367 e. The first-order valence-electron chi connectivity index (χ1n) is 6.04. The average Bonchev–Trinajstić information content (AvgIpc) is 2.82. The number of aromatic nitrogens is 2. The highest BCUT2D eigenvalue weighted by Crippen LogP contribution is 2.06. The Bertz CT molecular complexity index is 387. The van der Waals surface area contributed by atoms with E-state index in [1.165, 1.54) is 38.0 Å². The lowest BCUT2D eigenvalue weighted by Gasteiger charge is -2.05. The summed E-state index contributed by atoms with van der Waals surface area (Å²) < 4.78 is 28.9. The van der Waals surface area contributed by atoms with Crippen LogP contribution in [0, 0.1) is 0 Å². The van der Waals surface area contributed by atoms with E-state index in [-0.39, 0.29) is 6.61 Å². The van der Waals surface area contributed by atoms with Gasteiger partial charge in [0.05, 0.1) is 6.61 Å². The molecule has 0 bridgehead atoms. The van der Waals surface area contributed by atoms with Crippen molar-refractivity contribution in [2.24, 2.45) is 0 Å². The monoisotopic (exact) mass is 260 g/mol. The minimum atomic E-state index is -3.66. The molecule has 5 nitrogen and oxygen atoms in total. The van der Waals surface area contributed by atoms with Crippen LogP contribution in [0.3, 0.4) is 0 Å². The highest BCUT2D eigenvalue weighted by Gasteiger charge is 2.11. The van der Waals surface area contributed by atoms with E-state index < -0.39 is 10.3 Å². The molecule has 0 saturated carbocycles. The zero-order valence-electron chi connectivity index (χ0n) is 10.2. The molecule has 0 atom stereocenters. The van der Waals surface area contributed by atoms with Gasteiger partial charge in [0.2, 0.25) is 0 Å². The zero-order chi connectivity index (χ0) is 12.6. The quantitative estimate of drug-likeness (QED) is 0.639. The summed E-state index contributed by atoms with van der Waals surface area (Å²) >= 11 is 0. The Morgan fingerprint density at radius 2 is 1.88 bits per heavy atom. The second kappa shape index (κ2) is 7.45. The van der Waals surface area contributed by atoms with Gasteiger partial charge >= 0.3 is 10.3 Å². The van der Waals surface area contributed by atoms with E-state index in [2.05, 4.69) is 11.9 Å². The number of unbranched alkanes of at least 4 members (excludes halogenated alkanes) is 5. The molecule has 0 aliphatic carbocycles. The summed E-state index contributed by atoms with van der Waals surface area (Å²) in [7, 11) is -3.66. The molecule has 1 rings (SSSR count). The van der Waals surface area contributed by atoms with Gasteiger partial charge in [-0.15, -0.1) is 0 Å². The van der Waals surface area contributed by atoms with Crippen LogP contribution in [0.1, 0.15) is 45.4 Å². The lowest BCUT2D eigenvalue weighted by Crippen LogP contribution is -2.15. The van der Waals surface area contributed by atoms with Gasteiger partial charge in [0.15, 0.2) is 0 Å². The Labute approximate surface area is 103 Å². The zero-order valence-corrected chi connectivity index (χ0v) is 11.0. The molecule has 17 heavy (non-hydrogen) atoms. The van der Waals surface area contributed by atoms with Gasteiger partial charge in [-0.2, -0.15) is 8.42 Å². The third-order valence-electron chi connectivity index (χ3n) is 2.47. The van der Waals surface area contributed by atoms with Crippen molar-refractivity contribution in [3.05, 3.63) is 18.7 Å². The lowest BCUT2D eigenvalue weighted by molar-refractivity contribution is 0.301. The summed E-state index contributed by atoms with van der Waals surface area (Å²) in [6.45, 7) is 2.41. The molecule has 1 heterocycles. The summed E-state index contributed by atoms with van der Waals surface area (Å²) in [6, 6.07) is 0. The van der Waals surface area contributed by atoms with Crippen LogP contribution >= 0.6 is 0 Å². The van der Waals surface area contributed by atoms with Crippen molar-refractivity contribution in [2.45, 2.75) is 45.4 Å². The fraction of sp³-hybridized carbons (Fsp3) is 0.727. The fourth-order valence-electron chi connectivity index (χ4n) is 1.49. The second-order valence-electron chi connectivity index (χ2n) is 3.94. The lowest BCUT2D eigenvalue weighted by atomic mass is 10.1. The minimum absolute atomic E-state index is 0.243. The molecular formula is C11H20N2O3S. The molecule has 0 unspecified atom stereocenters. The maximum absolute atomic E-state index is 11.5. The first kappa shape index (κ1) is 14.2. The van der Waals surface area contributed by atoms with Gasteiger partial charge in [-0.05, 0) is 6.42 Å². The topological polar surface area (TPSA) is 61.2 Å². The summed E-state index contributed by atoms with van der Waals surface area (Å²) in [5, 5.41) is 0. The molecule has 0 fully saturated rings. The van der Waals surface area contributed by atoms with Gasteiger partial charge in [-0.1, -0.05) is 39.0 Å². The Balaban J connectivity index is 2.14. The van der Waals surface area contributed by atoms with Crippen molar-refractivity contribution in [1.29, 1.82) is 0 Å². The molecule has 0 spiro atoms. The summed E-state index contributed by atoms with van der Waals surface area (Å²) in [6.07, 6.45) is 10.6. The standard InChI is InChI=1S/C11H20N2O3S/c1-2-3-4-5-6-7-10-16-17(14,15)13-9-8-12-11-13/h8-9,11H,2-7,10H2,1H3. The van der Waals surface area contributed by atoms with Crippen molar-refractivity contribution in [3.8, 4) is 0 Å². The maximum Gasteiger partial charge on any atom is 0.367 e. The number of imidazole rings is 1. The Kier molecular flexibility index (Phi) is 6.21. The fourth-order valence-corrected chi connectivity index (χ4v) is 2.31. The van der Waals surface area contributed by atoms with Crippen LogP contribution in [0.4, 0.5) is 0 Å². The van der Waals surface area contributed by atoms with Crippen LogP contribution in [0.5, 0.6) is 0 Å². The van der Waals surface area contributed by atoms with Crippen molar-refractivity contribution in [2.75, 3.05) is 6.61 Å². The third kappa shape index (κ3) is 5.32. The molecule has 0 N–H and O–H groups in total. The van der Waals surface area contributed by atoms with E-state index in [1.54, 1.807) is 0 Å². The molecule has 0 amide bonds. The van der Waals surface area contributed by atoms with Crippen LogP contribution in [-0.4, -0.2) is 24.0 Å². The summed E-state index contributed by atoms with van der Waals surface area (Å²) in [4.78, 5) is 3.67. The van der Waals surface area contributed by atoms with Gasteiger partial charge in [0, 0.05) is 12.4 Å². The number of hydrogen-bond acceptors (Lipinski definition) is 4. The first-order chi connectivity index (χ1) is 8.17. The SMILES string of the molecule is CCCCCCCCOS(=O)(=O)n1ccnc1. The van der Waals surface area contributed by atoms with Crippen molar-refractivity contribution in [3.63, 3.8) is 0 Å². The molecular weight excluding hydrogens is 240 g/mol. The van der Waals surface area contributed by atoms with E-state index in [4.69, 9.17) is 4.18 Å². The highest BCUT2D eigenvalue weighted by atomic mass is 32.2. The molecule has 0 aromatic carbocycles. The van der Waals surface area contributed by atoms with Crippen molar-refractivity contribution in [1.82, 2.24) is 8.96 Å². The average molecular weight is 260 g/mol. The molecule has 0 radical (unpaired) electrons. The van der Waals surface area contributed by atoms with Gasteiger partial charge < -0.3 is 0 Å². The first-order valence-corrected chi connectivity index (χ1v) is 7.41. The van der Waals surface area contributed by atoms with Crippen molar-refractivity contribution >= 4 is 10.3 Å². The second-order valence-corrected chi connectivity index (χ2v) is 5.45. The molecule has 0 aliphatic heterocycles. The number of rotatable bonds is 9. The van der Waals surface area contributed by atoms with Crippen LogP contribution in [0.25, 0.3) is 0 Å². The summed E-state index contributed by atoms with van der Waals surface area (Å²) in [5.74, 6) is 0. The molecule has 0 aliphatic rings. The van der Waals surface area contributed by atoms with E-state index in [0.717, 1.165) is 23.2 Å². The van der Waals surface area contributed by atoms with E-state index in [9.17, 15) is 8.42 Å². The molecule has 98 valence electrons. The number of nitrogens with zero attached hydrogens (tertiary/aromatic N) is 2. The van der Waals surface area contributed by atoms with Crippen LogP contribution < -0.4 is 0 Å². The highest BCUT2D eigenvalue weighted by molar-refractivity contribution is 7.85. The smallest absolute Gasteiger partial charge is 0.253 e. The molecule has 1 aromatic heterocycles. The van der Waals surface area contributed by atoms with Gasteiger partial charge in [0.1, 0.15) is 6.33 Å². The molecule has 1 aromatic rings. The Hall–Kier alpha value is -0.880. The van der Waals surface area contributed by atoms with Crippen molar-refractivity contribution < 1.29 is 12.6 Å². The van der Waals surface area contributed by atoms with Gasteiger partial charge in [0.25, 0.3) is 0 Å². The van der Waals surface area contributed by atoms with E-state index in [0.29, 0.717) is 0 Å². The molecule has 0 saturated heterocycles. The third-order valence-corrected chi connectivity index (χ3v) is 3.67. The number of hydrogen-bond donors (Lipinski definition) is 0. The Morgan fingerprint density at radius 1 is 1.18 bits per heavy atom. The molecule has 6 heteroatoms. The van der Waals surface area contributed by atoms with Crippen LogP contribution in [0.15, 0.2) is 18.7 Å². The predicted octanol–water partition coefficient (Wildman–Crippen LogP) is 2.35. The predicted molar refractivity (Wildman–Crippen MR) is 65.9 cm³/mol. The van der Waals surface area contributed by atoms with Crippen LogP contribution in [-0.2, 0) is 14.5 Å². The normalized spacial score (nSPS) is 11.8.